The lowest BCUT2D eigenvalue weighted by Crippen LogP contribution is -2.33. The Morgan fingerprint density at radius 3 is 2.80 bits per heavy atom. The van der Waals surface area contributed by atoms with E-state index in [1.807, 2.05) is 12.1 Å². The number of hydrogen-bond acceptors (Lipinski definition) is 4. The van der Waals surface area contributed by atoms with Gasteiger partial charge < -0.3 is 15.7 Å². The summed E-state index contributed by atoms with van der Waals surface area (Å²) < 4.78 is 0. The molecule has 1 aliphatic heterocycles. The minimum absolute atomic E-state index is 0.00191. The summed E-state index contributed by atoms with van der Waals surface area (Å²) in [7, 11) is 0. The minimum Gasteiger partial charge on any atom is -0.395 e. The number of aliphatic hydroxyl groups is 1. The zero-order chi connectivity index (χ0) is 14.5. The first-order chi connectivity index (χ1) is 9.63. The van der Waals surface area contributed by atoms with E-state index in [0.717, 1.165) is 38.3 Å². The Hall–Kier alpha value is -1.30. The molecule has 2 rings (SSSR count). The molecule has 0 radical (unpaired) electrons. The van der Waals surface area contributed by atoms with Gasteiger partial charge >= 0.3 is 0 Å². The SMILES string of the molecule is N=C(N)c1c(Cl)cccc1N1CCCN(CCO)CC1. The maximum Gasteiger partial charge on any atom is 0.126 e. The summed E-state index contributed by atoms with van der Waals surface area (Å²) in [6.07, 6.45) is 1.02. The van der Waals surface area contributed by atoms with Gasteiger partial charge in [-0.1, -0.05) is 17.7 Å². The van der Waals surface area contributed by atoms with Gasteiger partial charge in [-0.25, -0.2) is 0 Å². The molecule has 1 aromatic carbocycles. The van der Waals surface area contributed by atoms with E-state index in [4.69, 9.17) is 27.9 Å². The largest absolute Gasteiger partial charge is 0.395 e. The van der Waals surface area contributed by atoms with Crippen LogP contribution in [0.4, 0.5) is 5.69 Å². The quantitative estimate of drug-likeness (QED) is 0.575. The number of hydrogen-bond donors (Lipinski definition) is 3. The molecule has 1 heterocycles. The van der Waals surface area contributed by atoms with Crippen molar-refractivity contribution in [2.75, 3.05) is 44.2 Å². The molecular weight excluding hydrogens is 276 g/mol. The van der Waals surface area contributed by atoms with Crippen molar-refractivity contribution in [1.82, 2.24) is 4.90 Å². The van der Waals surface area contributed by atoms with Gasteiger partial charge in [-0.2, -0.15) is 0 Å². The fraction of sp³-hybridized carbons (Fsp3) is 0.500. The van der Waals surface area contributed by atoms with Crippen molar-refractivity contribution < 1.29 is 5.11 Å². The Morgan fingerprint density at radius 2 is 2.10 bits per heavy atom. The van der Waals surface area contributed by atoms with Gasteiger partial charge in [0.1, 0.15) is 5.84 Å². The van der Waals surface area contributed by atoms with Gasteiger partial charge in [0.05, 0.1) is 17.2 Å². The van der Waals surface area contributed by atoms with Gasteiger partial charge in [0, 0.05) is 31.9 Å². The molecule has 6 heteroatoms. The smallest absolute Gasteiger partial charge is 0.126 e. The first kappa shape index (κ1) is 15.1. The van der Waals surface area contributed by atoms with Crippen molar-refractivity contribution in [2.24, 2.45) is 5.73 Å². The van der Waals surface area contributed by atoms with E-state index in [9.17, 15) is 0 Å². The van der Waals surface area contributed by atoms with E-state index < -0.39 is 0 Å². The zero-order valence-electron chi connectivity index (χ0n) is 11.5. The lowest BCUT2D eigenvalue weighted by atomic mass is 10.1. The molecule has 1 aliphatic rings. The summed E-state index contributed by atoms with van der Waals surface area (Å²) in [5.41, 5.74) is 7.21. The number of amidine groups is 1. The molecule has 1 saturated heterocycles. The second-order valence-corrected chi connectivity index (χ2v) is 5.36. The van der Waals surface area contributed by atoms with Crippen molar-refractivity contribution in [3.8, 4) is 0 Å². The molecule has 5 nitrogen and oxygen atoms in total. The number of nitrogens with two attached hydrogens (primary N) is 1. The average Bonchev–Trinajstić information content (AvgIpc) is 2.64. The number of aliphatic hydroxyl groups excluding tert-OH is 1. The predicted molar refractivity (Wildman–Crippen MR) is 82.8 cm³/mol. The molecular formula is C14H21ClN4O. The van der Waals surface area contributed by atoms with Crippen LogP contribution >= 0.6 is 11.6 Å². The Kier molecular flexibility index (Phi) is 5.23. The fourth-order valence-electron chi connectivity index (χ4n) is 2.62. The normalized spacial score (nSPS) is 17.0. The molecule has 1 aromatic rings. The minimum atomic E-state index is 0.00191. The molecule has 0 saturated carbocycles. The van der Waals surface area contributed by atoms with Crippen LogP contribution in [0.25, 0.3) is 0 Å². The molecule has 0 unspecified atom stereocenters. The van der Waals surface area contributed by atoms with Gasteiger partial charge in [0.15, 0.2) is 0 Å². The molecule has 20 heavy (non-hydrogen) atoms. The highest BCUT2D eigenvalue weighted by molar-refractivity contribution is 6.34. The third-order valence-electron chi connectivity index (χ3n) is 3.61. The van der Waals surface area contributed by atoms with Gasteiger partial charge in [-0.15, -0.1) is 0 Å². The van der Waals surface area contributed by atoms with Crippen LogP contribution in [0.2, 0.25) is 5.02 Å². The van der Waals surface area contributed by atoms with E-state index >= 15 is 0 Å². The summed E-state index contributed by atoms with van der Waals surface area (Å²) in [5.74, 6) is 0.00191. The fourth-order valence-corrected chi connectivity index (χ4v) is 2.89. The number of nitrogens with zero attached hydrogens (tertiary/aromatic N) is 2. The van der Waals surface area contributed by atoms with Crippen molar-refractivity contribution in [1.29, 1.82) is 5.41 Å². The first-order valence-corrected chi connectivity index (χ1v) is 7.22. The van der Waals surface area contributed by atoms with E-state index in [-0.39, 0.29) is 12.4 Å². The van der Waals surface area contributed by atoms with E-state index in [2.05, 4.69) is 9.80 Å². The van der Waals surface area contributed by atoms with Crippen LogP contribution in [0.5, 0.6) is 0 Å². The Balaban J connectivity index is 2.20. The number of nitrogens with one attached hydrogen (secondary N) is 1. The highest BCUT2D eigenvalue weighted by Gasteiger charge is 2.19. The lowest BCUT2D eigenvalue weighted by Gasteiger charge is -2.26. The lowest BCUT2D eigenvalue weighted by molar-refractivity contribution is 0.204. The first-order valence-electron chi connectivity index (χ1n) is 6.84. The van der Waals surface area contributed by atoms with Crippen LogP contribution in [0.15, 0.2) is 18.2 Å². The summed E-state index contributed by atoms with van der Waals surface area (Å²) >= 11 is 6.17. The Morgan fingerprint density at radius 1 is 1.30 bits per heavy atom. The van der Waals surface area contributed by atoms with E-state index in [1.165, 1.54) is 0 Å². The van der Waals surface area contributed by atoms with Crippen molar-refractivity contribution >= 4 is 23.1 Å². The molecule has 0 bridgehead atoms. The number of β-amino-alcohol motifs (C(OH)–C–C–N with tert-alkyl or cyclic N) is 1. The van der Waals surface area contributed by atoms with Crippen molar-refractivity contribution in [3.63, 3.8) is 0 Å². The van der Waals surface area contributed by atoms with Crippen LogP contribution in [-0.4, -0.2) is 55.2 Å². The molecule has 4 N–H and O–H groups in total. The summed E-state index contributed by atoms with van der Waals surface area (Å²) in [6, 6.07) is 5.61. The highest BCUT2D eigenvalue weighted by Crippen LogP contribution is 2.27. The average molecular weight is 297 g/mol. The van der Waals surface area contributed by atoms with Gasteiger partial charge in [-0.05, 0) is 25.1 Å². The Bertz CT molecular complexity index is 480. The molecule has 1 fully saturated rings. The van der Waals surface area contributed by atoms with Gasteiger partial charge in [0.2, 0.25) is 0 Å². The van der Waals surface area contributed by atoms with E-state index in [1.54, 1.807) is 6.07 Å². The van der Waals surface area contributed by atoms with Crippen LogP contribution in [0.3, 0.4) is 0 Å². The third kappa shape index (κ3) is 3.42. The Labute approximate surface area is 124 Å². The topological polar surface area (TPSA) is 76.6 Å². The molecule has 0 spiro atoms. The standard InChI is InChI=1S/C14H21ClN4O/c15-11-3-1-4-12(13(11)14(16)17)19-6-2-5-18(7-8-19)9-10-20/h1,3-4,20H,2,5-10H2,(H3,16,17). The van der Waals surface area contributed by atoms with Crippen molar-refractivity contribution in [3.05, 3.63) is 28.8 Å². The molecule has 0 aromatic heterocycles. The monoisotopic (exact) mass is 296 g/mol. The molecule has 110 valence electrons. The van der Waals surface area contributed by atoms with Crippen LogP contribution in [-0.2, 0) is 0 Å². The van der Waals surface area contributed by atoms with E-state index in [0.29, 0.717) is 17.1 Å². The highest BCUT2D eigenvalue weighted by atomic mass is 35.5. The summed E-state index contributed by atoms with van der Waals surface area (Å²) in [6.45, 7) is 4.53. The van der Waals surface area contributed by atoms with Gasteiger partial charge in [-0.3, -0.25) is 10.3 Å². The number of anilines is 1. The van der Waals surface area contributed by atoms with Crippen LogP contribution < -0.4 is 10.6 Å². The summed E-state index contributed by atoms with van der Waals surface area (Å²) in [4.78, 5) is 4.47. The number of nitrogen functional groups attached to an aromatic ring is 1. The number of benzene rings is 1. The third-order valence-corrected chi connectivity index (χ3v) is 3.92. The number of halogens is 1. The summed E-state index contributed by atoms with van der Waals surface area (Å²) in [5, 5.41) is 17.3. The maximum absolute atomic E-state index is 9.03. The zero-order valence-corrected chi connectivity index (χ0v) is 12.2. The second-order valence-electron chi connectivity index (χ2n) is 4.95. The predicted octanol–water partition coefficient (Wildman–Crippen LogP) is 1.13. The second kappa shape index (κ2) is 6.92. The molecule has 0 atom stereocenters. The molecule has 0 amide bonds. The van der Waals surface area contributed by atoms with Gasteiger partial charge in [0.25, 0.3) is 0 Å². The number of rotatable bonds is 4. The van der Waals surface area contributed by atoms with Crippen LogP contribution in [0.1, 0.15) is 12.0 Å². The van der Waals surface area contributed by atoms with Crippen LogP contribution in [0, 0.1) is 5.41 Å². The maximum atomic E-state index is 9.03. The molecule has 0 aliphatic carbocycles. The van der Waals surface area contributed by atoms with Crippen molar-refractivity contribution in [2.45, 2.75) is 6.42 Å².